The van der Waals surface area contributed by atoms with Gasteiger partial charge in [-0.15, -0.1) is 17.0 Å². The molecule has 0 aliphatic heterocycles. The van der Waals surface area contributed by atoms with E-state index in [1.807, 2.05) is 18.2 Å². The minimum Gasteiger partial charge on any atom is -0.321 e. The van der Waals surface area contributed by atoms with Gasteiger partial charge in [-0.25, -0.2) is 5.43 Å². The summed E-state index contributed by atoms with van der Waals surface area (Å²) in [7, 11) is -1.78. The highest BCUT2D eigenvalue weighted by Crippen LogP contribution is 2.54. The molecule has 0 aromatic heterocycles. The van der Waals surface area contributed by atoms with Crippen LogP contribution < -0.4 is 26.8 Å². The van der Waals surface area contributed by atoms with Gasteiger partial charge in [0, 0.05) is 12.2 Å². The Bertz CT molecular complexity index is 899. The first-order chi connectivity index (χ1) is 14.4. The molecule has 0 atom stereocenters. The highest BCUT2D eigenvalue weighted by Gasteiger charge is 2.44. The van der Waals surface area contributed by atoms with Crippen LogP contribution in [0.3, 0.4) is 0 Å². The van der Waals surface area contributed by atoms with E-state index in [0.29, 0.717) is 0 Å². The number of halogens is 1. The molecule has 152 valence electrons. The number of hydrogen-bond acceptors (Lipinski definition) is 2. The normalized spacial score (nSPS) is 10.8. The summed E-state index contributed by atoms with van der Waals surface area (Å²) in [6.45, 7) is 0.862. The standard InChI is InChI=1S/C26H26N2P.BrH/c1-5-13-23(14-6-1)28-27-21-22-29(24-15-7-2-8-16-24,25-17-9-3-10-18-25)26-19-11-4-12-20-26;/h1-20,27-28H,21-22H2;1H/q+1;. The van der Waals surface area contributed by atoms with Crippen LogP contribution in [0.5, 0.6) is 0 Å². The molecule has 0 saturated heterocycles. The first kappa shape index (κ1) is 22.2. The van der Waals surface area contributed by atoms with Crippen molar-refractivity contribution < 1.29 is 0 Å². The van der Waals surface area contributed by atoms with E-state index in [9.17, 15) is 0 Å². The Morgan fingerprint density at radius 3 is 1.27 bits per heavy atom. The second-order valence-electron chi connectivity index (χ2n) is 6.96. The predicted octanol–water partition coefficient (Wildman–Crippen LogP) is 5.18. The molecule has 0 bridgehead atoms. The number of rotatable bonds is 8. The third kappa shape index (κ3) is 4.99. The van der Waals surface area contributed by atoms with Crippen LogP contribution in [-0.4, -0.2) is 12.7 Å². The molecular weight excluding hydrogens is 451 g/mol. The summed E-state index contributed by atoms with van der Waals surface area (Å²) in [4.78, 5) is 0. The van der Waals surface area contributed by atoms with E-state index < -0.39 is 7.26 Å². The largest absolute Gasteiger partial charge is 0.321 e. The van der Waals surface area contributed by atoms with Gasteiger partial charge >= 0.3 is 0 Å². The van der Waals surface area contributed by atoms with Crippen LogP contribution >= 0.6 is 24.2 Å². The molecule has 30 heavy (non-hydrogen) atoms. The fourth-order valence-electron chi connectivity index (χ4n) is 3.79. The van der Waals surface area contributed by atoms with Crippen molar-refractivity contribution >= 4 is 45.8 Å². The Morgan fingerprint density at radius 1 is 0.500 bits per heavy atom. The fourth-order valence-corrected chi connectivity index (χ4v) is 7.95. The highest BCUT2D eigenvalue weighted by molar-refractivity contribution is 8.93. The van der Waals surface area contributed by atoms with Crippen molar-refractivity contribution in [2.45, 2.75) is 0 Å². The van der Waals surface area contributed by atoms with Crippen LogP contribution in [0.1, 0.15) is 0 Å². The molecule has 0 heterocycles. The number of para-hydroxylation sites is 1. The molecule has 0 saturated carbocycles. The molecular formula is C26H27BrN2P+. The fraction of sp³-hybridized carbons (Fsp3) is 0.0769. The van der Waals surface area contributed by atoms with Gasteiger partial charge in [0.2, 0.25) is 0 Å². The zero-order valence-electron chi connectivity index (χ0n) is 16.8. The molecule has 0 aliphatic rings. The van der Waals surface area contributed by atoms with Crippen molar-refractivity contribution in [1.29, 1.82) is 0 Å². The van der Waals surface area contributed by atoms with Crippen molar-refractivity contribution in [2.75, 3.05) is 18.1 Å². The number of hydrazine groups is 1. The third-order valence-corrected chi connectivity index (χ3v) is 9.60. The van der Waals surface area contributed by atoms with Gasteiger partial charge in [-0.3, -0.25) is 0 Å². The molecule has 4 aromatic carbocycles. The quantitative estimate of drug-likeness (QED) is 0.207. The van der Waals surface area contributed by atoms with Gasteiger partial charge in [0.05, 0.1) is 6.16 Å². The maximum Gasteiger partial charge on any atom is 0.113 e. The Hall–Kier alpha value is -2.45. The molecule has 4 rings (SSSR count). The smallest absolute Gasteiger partial charge is 0.113 e. The minimum atomic E-state index is -1.78. The van der Waals surface area contributed by atoms with E-state index >= 15 is 0 Å². The van der Waals surface area contributed by atoms with Crippen molar-refractivity contribution in [3.63, 3.8) is 0 Å². The maximum absolute atomic E-state index is 3.44. The number of nitrogens with one attached hydrogen (secondary N) is 2. The van der Waals surface area contributed by atoms with E-state index in [2.05, 4.69) is 114 Å². The molecule has 0 radical (unpaired) electrons. The van der Waals surface area contributed by atoms with Crippen LogP contribution in [0.2, 0.25) is 0 Å². The lowest BCUT2D eigenvalue weighted by Crippen LogP contribution is -2.37. The zero-order chi connectivity index (χ0) is 19.8. The molecule has 0 aliphatic carbocycles. The van der Waals surface area contributed by atoms with Gasteiger partial charge in [-0.2, -0.15) is 0 Å². The Kier molecular flexibility index (Phi) is 8.21. The summed E-state index contributed by atoms with van der Waals surface area (Å²) in [6, 6.07) is 43.2. The zero-order valence-corrected chi connectivity index (χ0v) is 19.4. The molecule has 4 heteroatoms. The molecule has 2 nitrogen and oxygen atoms in total. The summed E-state index contributed by atoms with van der Waals surface area (Å²) in [6.07, 6.45) is 1.03. The van der Waals surface area contributed by atoms with E-state index in [0.717, 1.165) is 18.4 Å². The molecule has 2 N–H and O–H groups in total. The van der Waals surface area contributed by atoms with E-state index in [4.69, 9.17) is 0 Å². The molecule has 0 amide bonds. The lowest BCUT2D eigenvalue weighted by Gasteiger charge is -2.28. The van der Waals surface area contributed by atoms with Crippen LogP contribution in [0, 0.1) is 0 Å². The van der Waals surface area contributed by atoms with Crippen molar-refractivity contribution in [3.05, 3.63) is 121 Å². The molecule has 4 aromatic rings. The summed E-state index contributed by atoms with van der Waals surface area (Å²) in [5.74, 6) is 0. The minimum absolute atomic E-state index is 0. The lowest BCUT2D eigenvalue weighted by molar-refractivity contribution is 0.849. The second-order valence-corrected chi connectivity index (χ2v) is 10.6. The summed E-state index contributed by atoms with van der Waals surface area (Å²) in [5, 5.41) is 4.25. The van der Waals surface area contributed by atoms with E-state index in [1.165, 1.54) is 15.9 Å². The third-order valence-electron chi connectivity index (χ3n) is 5.17. The number of hydrogen-bond donors (Lipinski definition) is 2. The van der Waals surface area contributed by atoms with Gasteiger partial charge in [-0.05, 0) is 48.5 Å². The molecule has 0 fully saturated rings. The summed E-state index contributed by atoms with van der Waals surface area (Å²) in [5.41, 5.74) is 7.86. The van der Waals surface area contributed by atoms with Crippen molar-refractivity contribution in [2.24, 2.45) is 0 Å². The first-order valence-electron chi connectivity index (χ1n) is 9.98. The summed E-state index contributed by atoms with van der Waals surface area (Å²) < 4.78 is 0. The van der Waals surface area contributed by atoms with Gasteiger partial charge in [0.15, 0.2) is 0 Å². The van der Waals surface area contributed by atoms with E-state index in [1.54, 1.807) is 0 Å². The van der Waals surface area contributed by atoms with Crippen molar-refractivity contribution in [3.8, 4) is 0 Å². The lowest BCUT2D eigenvalue weighted by atomic mass is 10.3. The van der Waals surface area contributed by atoms with Gasteiger partial charge in [-0.1, -0.05) is 72.8 Å². The Labute approximate surface area is 190 Å². The Morgan fingerprint density at radius 2 is 0.867 bits per heavy atom. The number of anilines is 1. The number of benzene rings is 4. The maximum atomic E-state index is 3.44. The van der Waals surface area contributed by atoms with Crippen molar-refractivity contribution in [1.82, 2.24) is 5.43 Å². The second kappa shape index (κ2) is 11.1. The Balaban J connectivity index is 0.00000256. The van der Waals surface area contributed by atoms with E-state index in [-0.39, 0.29) is 17.0 Å². The predicted molar refractivity (Wildman–Crippen MR) is 138 cm³/mol. The van der Waals surface area contributed by atoms with Gasteiger partial charge in [0.1, 0.15) is 23.2 Å². The van der Waals surface area contributed by atoms with Crippen LogP contribution in [0.4, 0.5) is 5.69 Å². The molecule has 0 spiro atoms. The topological polar surface area (TPSA) is 24.1 Å². The van der Waals surface area contributed by atoms with Crippen LogP contribution in [-0.2, 0) is 0 Å². The SMILES string of the molecule is Br.c1ccc(NNCC[P+](c2ccccc2)(c2ccccc2)c2ccccc2)cc1. The monoisotopic (exact) mass is 477 g/mol. The molecule has 0 unspecified atom stereocenters. The first-order valence-corrected chi connectivity index (χ1v) is 12.0. The van der Waals surface area contributed by atoms with Crippen LogP contribution in [0.25, 0.3) is 0 Å². The average Bonchev–Trinajstić information content (AvgIpc) is 2.82. The van der Waals surface area contributed by atoms with Crippen LogP contribution in [0.15, 0.2) is 121 Å². The summed E-state index contributed by atoms with van der Waals surface area (Å²) >= 11 is 0. The van der Waals surface area contributed by atoms with Gasteiger partial charge in [0.25, 0.3) is 0 Å². The average molecular weight is 478 g/mol. The van der Waals surface area contributed by atoms with Gasteiger partial charge < -0.3 is 5.43 Å². The highest BCUT2D eigenvalue weighted by atomic mass is 79.9.